The highest BCUT2D eigenvalue weighted by atomic mass is 32.1. The minimum Gasteiger partial charge on any atom is -0.466 e. The SMILES string of the molecule is CCOC(=O)CC[C@](N)(C(=O)OCC)N(C=O)c1cc(C)c(C#CCO)s1. The van der Waals surface area contributed by atoms with E-state index in [2.05, 4.69) is 11.8 Å². The number of aliphatic hydroxyl groups excluding tert-OH is 1. The van der Waals surface area contributed by atoms with Gasteiger partial charge in [0, 0.05) is 12.8 Å². The third-order valence-electron chi connectivity index (χ3n) is 3.60. The van der Waals surface area contributed by atoms with Crippen LogP contribution < -0.4 is 10.6 Å². The molecule has 1 rings (SSSR count). The van der Waals surface area contributed by atoms with Crippen LogP contribution in [0.3, 0.4) is 0 Å². The lowest BCUT2D eigenvalue weighted by molar-refractivity contribution is -0.151. The number of nitrogens with zero attached hydrogens (tertiary/aromatic N) is 1. The first-order chi connectivity index (χ1) is 12.8. The van der Waals surface area contributed by atoms with Crippen LogP contribution in [-0.4, -0.2) is 48.9 Å². The van der Waals surface area contributed by atoms with Gasteiger partial charge >= 0.3 is 11.9 Å². The minimum absolute atomic E-state index is 0.0700. The molecular formula is C18H24N2O6S. The molecule has 8 nitrogen and oxygen atoms in total. The molecule has 0 aromatic carbocycles. The van der Waals surface area contributed by atoms with Crippen LogP contribution in [-0.2, 0) is 23.9 Å². The molecule has 0 aliphatic carbocycles. The van der Waals surface area contributed by atoms with Crippen molar-refractivity contribution in [3.05, 3.63) is 16.5 Å². The van der Waals surface area contributed by atoms with Crippen LogP contribution in [0.15, 0.2) is 6.07 Å². The molecule has 1 atom stereocenters. The minimum atomic E-state index is -1.87. The van der Waals surface area contributed by atoms with Gasteiger partial charge in [-0.25, -0.2) is 4.79 Å². The average molecular weight is 396 g/mol. The second kappa shape index (κ2) is 10.7. The topological polar surface area (TPSA) is 119 Å². The summed E-state index contributed by atoms with van der Waals surface area (Å²) in [7, 11) is 0. The van der Waals surface area contributed by atoms with Gasteiger partial charge in [0.15, 0.2) is 5.66 Å². The molecule has 0 saturated heterocycles. The number of hydrogen-bond donors (Lipinski definition) is 2. The number of carbonyl (C=O) groups is 3. The summed E-state index contributed by atoms with van der Waals surface area (Å²) >= 11 is 1.15. The number of hydrogen-bond acceptors (Lipinski definition) is 8. The maximum absolute atomic E-state index is 12.5. The Balaban J connectivity index is 3.25. The van der Waals surface area contributed by atoms with Crippen molar-refractivity contribution in [2.45, 2.75) is 39.3 Å². The van der Waals surface area contributed by atoms with Crippen molar-refractivity contribution in [2.75, 3.05) is 24.7 Å². The zero-order valence-electron chi connectivity index (χ0n) is 15.6. The van der Waals surface area contributed by atoms with Crippen molar-refractivity contribution in [3.8, 4) is 11.8 Å². The number of amides is 1. The summed E-state index contributed by atoms with van der Waals surface area (Å²) in [4.78, 5) is 37.7. The Morgan fingerprint density at radius 1 is 1.37 bits per heavy atom. The molecule has 3 N–H and O–H groups in total. The average Bonchev–Trinajstić information content (AvgIpc) is 2.99. The number of anilines is 1. The summed E-state index contributed by atoms with van der Waals surface area (Å²) in [5.41, 5.74) is 5.15. The number of nitrogens with two attached hydrogens (primary N) is 1. The predicted octanol–water partition coefficient (Wildman–Crippen LogP) is 0.925. The summed E-state index contributed by atoms with van der Waals surface area (Å²) in [6.45, 7) is 5.04. The fourth-order valence-corrected chi connectivity index (χ4v) is 3.37. The van der Waals surface area contributed by atoms with E-state index in [1.54, 1.807) is 26.8 Å². The third kappa shape index (κ3) is 5.79. The molecule has 0 bridgehead atoms. The van der Waals surface area contributed by atoms with E-state index in [1.807, 2.05) is 0 Å². The molecule has 0 radical (unpaired) electrons. The van der Waals surface area contributed by atoms with Gasteiger partial charge < -0.3 is 14.6 Å². The van der Waals surface area contributed by atoms with Crippen LogP contribution in [0.4, 0.5) is 5.00 Å². The van der Waals surface area contributed by atoms with E-state index in [0.29, 0.717) is 16.3 Å². The maximum Gasteiger partial charge on any atom is 0.347 e. The number of rotatable bonds is 9. The number of thiophene rings is 1. The number of carbonyl (C=O) groups excluding carboxylic acids is 3. The Hall–Kier alpha value is -2.41. The van der Waals surface area contributed by atoms with E-state index in [9.17, 15) is 14.4 Å². The Labute approximate surface area is 162 Å². The Morgan fingerprint density at radius 2 is 2.04 bits per heavy atom. The summed E-state index contributed by atoms with van der Waals surface area (Å²) < 4.78 is 9.90. The second-order valence-corrected chi connectivity index (χ2v) is 6.51. The van der Waals surface area contributed by atoms with Crippen LogP contribution in [0.5, 0.6) is 0 Å². The smallest absolute Gasteiger partial charge is 0.347 e. The summed E-state index contributed by atoms with van der Waals surface area (Å²) in [5, 5.41) is 9.23. The molecule has 1 heterocycles. The van der Waals surface area contributed by atoms with E-state index in [4.69, 9.17) is 20.3 Å². The monoisotopic (exact) mass is 396 g/mol. The van der Waals surface area contributed by atoms with E-state index >= 15 is 0 Å². The maximum atomic E-state index is 12.5. The van der Waals surface area contributed by atoms with Gasteiger partial charge in [0.2, 0.25) is 6.41 Å². The highest BCUT2D eigenvalue weighted by Gasteiger charge is 2.43. The number of aliphatic hydroxyl groups is 1. The predicted molar refractivity (Wildman–Crippen MR) is 101 cm³/mol. The van der Waals surface area contributed by atoms with E-state index < -0.39 is 17.6 Å². The molecule has 0 unspecified atom stereocenters. The van der Waals surface area contributed by atoms with Gasteiger partial charge in [-0.15, -0.1) is 11.3 Å². The van der Waals surface area contributed by atoms with Gasteiger partial charge in [-0.2, -0.15) is 0 Å². The Kier molecular flexibility index (Phi) is 8.94. The molecule has 0 spiro atoms. The van der Waals surface area contributed by atoms with E-state index in [0.717, 1.165) is 21.8 Å². The molecule has 1 aromatic heterocycles. The first-order valence-electron chi connectivity index (χ1n) is 8.40. The van der Waals surface area contributed by atoms with Gasteiger partial charge in [0.25, 0.3) is 0 Å². The van der Waals surface area contributed by atoms with Gasteiger partial charge in [0.05, 0.1) is 18.1 Å². The lowest BCUT2D eigenvalue weighted by atomic mass is 10.0. The first kappa shape index (κ1) is 22.6. The molecule has 148 valence electrons. The number of ether oxygens (including phenoxy) is 2. The largest absolute Gasteiger partial charge is 0.466 e. The Morgan fingerprint density at radius 3 is 2.59 bits per heavy atom. The summed E-state index contributed by atoms with van der Waals surface area (Å²) in [6, 6.07) is 1.66. The van der Waals surface area contributed by atoms with Gasteiger partial charge in [-0.1, -0.05) is 11.8 Å². The van der Waals surface area contributed by atoms with E-state index in [-0.39, 0.29) is 32.7 Å². The fourth-order valence-electron chi connectivity index (χ4n) is 2.27. The second-order valence-electron chi connectivity index (χ2n) is 5.48. The van der Waals surface area contributed by atoms with Gasteiger partial charge in [-0.3, -0.25) is 20.2 Å². The molecule has 1 amide bonds. The van der Waals surface area contributed by atoms with Crippen molar-refractivity contribution in [1.29, 1.82) is 0 Å². The molecule has 1 aromatic rings. The summed E-state index contributed by atoms with van der Waals surface area (Å²) in [6.07, 6.45) is 0.101. The van der Waals surface area contributed by atoms with Crippen LogP contribution in [0, 0.1) is 18.8 Å². The van der Waals surface area contributed by atoms with Gasteiger partial charge in [0.1, 0.15) is 11.6 Å². The highest BCUT2D eigenvalue weighted by molar-refractivity contribution is 7.17. The number of esters is 2. The molecule has 0 aliphatic rings. The van der Waals surface area contributed by atoms with Crippen LogP contribution in [0.1, 0.15) is 37.1 Å². The molecule has 0 aliphatic heterocycles. The highest BCUT2D eigenvalue weighted by Crippen LogP contribution is 2.33. The lowest BCUT2D eigenvalue weighted by Gasteiger charge is -2.35. The number of aryl methyl sites for hydroxylation is 1. The van der Waals surface area contributed by atoms with Crippen LogP contribution in [0.25, 0.3) is 0 Å². The quantitative estimate of drug-likeness (QED) is 0.276. The van der Waals surface area contributed by atoms with Crippen molar-refractivity contribution in [1.82, 2.24) is 0 Å². The normalized spacial score (nSPS) is 12.3. The third-order valence-corrected chi connectivity index (χ3v) is 4.75. The zero-order chi connectivity index (χ0) is 20.4. The zero-order valence-corrected chi connectivity index (χ0v) is 16.4. The standard InChI is InChI=1S/C18H24N2O6S/c1-4-25-16(23)8-9-18(19,17(24)26-5-2)20(12-22)15-11-13(3)14(27-15)7-6-10-21/h11-12,21H,4-5,8-10,19H2,1-3H3/t18-/m1/s1. The summed E-state index contributed by atoms with van der Waals surface area (Å²) in [5.74, 6) is 3.96. The lowest BCUT2D eigenvalue weighted by Crippen LogP contribution is -2.62. The fraction of sp³-hybridized carbons (Fsp3) is 0.500. The molecule has 9 heteroatoms. The van der Waals surface area contributed by atoms with Gasteiger partial charge in [-0.05, 0) is 32.4 Å². The Bertz CT molecular complexity index is 736. The van der Waals surface area contributed by atoms with E-state index in [1.165, 1.54) is 0 Å². The van der Waals surface area contributed by atoms with Crippen LogP contribution >= 0.6 is 11.3 Å². The molecular weight excluding hydrogens is 372 g/mol. The molecule has 0 fully saturated rings. The van der Waals surface area contributed by atoms with Crippen molar-refractivity contribution < 1.29 is 29.0 Å². The molecule has 27 heavy (non-hydrogen) atoms. The van der Waals surface area contributed by atoms with Crippen molar-refractivity contribution >= 4 is 34.7 Å². The van der Waals surface area contributed by atoms with Crippen LogP contribution in [0.2, 0.25) is 0 Å². The first-order valence-corrected chi connectivity index (χ1v) is 9.22. The van der Waals surface area contributed by atoms with Crippen molar-refractivity contribution in [3.63, 3.8) is 0 Å². The molecule has 0 saturated carbocycles. The van der Waals surface area contributed by atoms with Crippen molar-refractivity contribution in [2.24, 2.45) is 5.73 Å².